The number of thiocarbonyl (C=S) groups is 1. The van der Waals surface area contributed by atoms with Gasteiger partial charge in [-0.05, 0) is 43.6 Å². The number of nitrogens with one attached hydrogen (secondary N) is 1. The lowest BCUT2D eigenvalue weighted by molar-refractivity contribution is -0.133. The summed E-state index contributed by atoms with van der Waals surface area (Å²) in [6, 6.07) is 7.65. The van der Waals surface area contributed by atoms with Gasteiger partial charge >= 0.3 is 0 Å². The summed E-state index contributed by atoms with van der Waals surface area (Å²) in [5, 5.41) is 3.51. The van der Waals surface area contributed by atoms with Crippen LogP contribution in [0.3, 0.4) is 0 Å². The Bertz CT molecular complexity index is 1100. The first-order valence-corrected chi connectivity index (χ1v) is 11.1. The van der Waals surface area contributed by atoms with Gasteiger partial charge in [-0.2, -0.15) is 0 Å². The molecule has 3 amide bonds. The van der Waals surface area contributed by atoms with Crippen LogP contribution in [0.4, 0.5) is 0 Å². The third-order valence-corrected chi connectivity index (χ3v) is 6.16. The van der Waals surface area contributed by atoms with Gasteiger partial charge in [0.1, 0.15) is 12.1 Å². The molecule has 1 N–H and O–H groups in total. The van der Waals surface area contributed by atoms with E-state index in [9.17, 15) is 14.4 Å². The number of benzene rings is 1. The first kappa shape index (κ1) is 22.2. The van der Waals surface area contributed by atoms with Crippen LogP contribution in [0.5, 0.6) is 0 Å². The quantitative estimate of drug-likeness (QED) is 0.410. The van der Waals surface area contributed by atoms with Crippen molar-refractivity contribution in [1.82, 2.24) is 19.7 Å². The molecule has 0 radical (unpaired) electrons. The van der Waals surface area contributed by atoms with Crippen LogP contribution < -0.4 is 5.32 Å². The van der Waals surface area contributed by atoms with E-state index in [1.54, 1.807) is 6.08 Å². The maximum Gasteiger partial charge on any atom is 0.265 e. The van der Waals surface area contributed by atoms with Crippen molar-refractivity contribution in [1.29, 1.82) is 0 Å². The van der Waals surface area contributed by atoms with Gasteiger partial charge in [-0.3, -0.25) is 24.6 Å². The molecule has 2 saturated heterocycles. The van der Waals surface area contributed by atoms with Gasteiger partial charge in [0.05, 0.1) is 13.2 Å². The summed E-state index contributed by atoms with van der Waals surface area (Å²) >= 11 is 5.15. The Hall–Kier alpha value is -3.04. The molecule has 8 nitrogen and oxygen atoms in total. The van der Waals surface area contributed by atoms with Crippen molar-refractivity contribution in [3.05, 3.63) is 41.6 Å². The number of hydrogen-bond acceptors (Lipinski definition) is 5. The molecular weight excluding hydrogens is 428 g/mol. The standard InChI is InChI=1S/C23H26N4O4S/c1-31-12-11-27-22(30)18(21(29)24-23(27)32)13-16-14-26(19-8-4-3-7-17(16)19)15-20(28)25-9-5-2-6-10-25/h3-4,7-8,13-14H,2,5-6,9-12,15H2,1H3,(H,24,29,32)/b18-13+. The van der Waals surface area contributed by atoms with Crippen LogP contribution in [0, 0.1) is 0 Å². The number of rotatable bonds is 6. The van der Waals surface area contributed by atoms with Crippen LogP contribution in [0.2, 0.25) is 0 Å². The molecule has 0 bridgehead atoms. The van der Waals surface area contributed by atoms with Gasteiger partial charge in [-0.1, -0.05) is 18.2 Å². The van der Waals surface area contributed by atoms with Crippen molar-refractivity contribution < 1.29 is 19.1 Å². The summed E-state index contributed by atoms with van der Waals surface area (Å²) in [5.74, 6) is -0.917. The number of amides is 3. The second kappa shape index (κ2) is 9.62. The van der Waals surface area contributed by atoms with E-state index >= 15 is 0 Å². The number of para-hydroxylation sites is 1. The number of ether oxygens (including phenoxy) is 1. The maximum absolute atomic E-state index is 13.0. The highest BCUT2D eigenvalue weighted by molar-refractivity contribution is 7.80. The number of nitrogens with zero attached hydrogens (tertiary/aromatic N) is 3. The predicted octanol–water partition coefficient (Wildman–Crippen LogP) is 1.93. The molecule has 0 saturated carbocycles. The number of aromatic nitrogens is 1. The van der Waals surface area contributed by atoms with E-state index in [-0.39, 0.29) is 29.7 Å². The molecule has 1 aromatic heterocycles. The predicted molar refractivity (Wildman–Crippen MR) is 125 cm³/mol. The lowest BCUT2D eigenvalue weighted by Crippen LogP contribution is -2.54. The minimum Gasteiger partial charge on any atom is -0.383 e. The number of piperidine rings is 1. The van der Waals surface area contributed by atoms with Gasteiger partial charge in [0.25, 0.3) is 11.8 Å². The Morgan fingerprint density at radius 3 is 2.69 bits per heavy atom. The van der Waals surface area contributed by atoms with Gasteiger partial charge in [-0.15, -0.1) is 0 Å². The largest absolute Gasteiger partial charge is 0.383 e. The Morgan fingerprint density at radius 2 is 1.94 bits per heavy atom. The molecule has 3 heterocycles. The number of hydrogen-bond donors (Lipinski definition) is 1. The highest BCUT2D eigenvalue weighted by Crippen LogP contribution is 2.25. The van der Waals surface area contributed by atoms with Crippen LogP contribution in [0.1, 0.15) is 24.8 Å². The lowest BCUT2D eigenvalue weighted by atomic mass is 10.1. The number of fused-ring (bicyclic) bond motifs is 1. The van der Waals surface area contributed by atoms with Crippen molar-refractivity contribution in [2.24, 2.45) is 0 Å². The second-order valence-electron chi connectivity index (χ2n) is 7.94. The molecule has 0 unspecified atom stereocenters. The van der Waals surface area contributed by atoms with Crippen LogP contribution >= 0.6 is 12.2 Å². The third-order valence-electron chi connectivity index (χ3n) is 5.84. The minimum absolute atomic E-state index is 0.0000341. The monoisotopic (exact) mass is 454 g/mol. The summed E-state index contributed by atoms with van der Waals surface area (Å²) in [5.41, 5.74) is 1.57. The summed E-state index contributed by atoms with van der Waals surface area (Å²) in [7, 11) is 1.53. The van der Waals surface area contributed by atoms with E-state index < -0.39 is 11.8 Å². The van der Waals surface area contributed by atoms with Gasteiger partial charge in [-0.25, -0.2) is 0 Å². The van der Waals surface area contributed by atoms with Crippen molar-refractivity contribution in [3.63, 3.8) is 0 Å². The molecule has 2 aromatic rings. The summed E-state index contributed by atoms with van der Waals surface area (Å²) < 4.78 is 6.93. The summed E-state index contributed by atoms with van der Waals surface area (Å²) in [6.45, 7) is 2.35. The molecule has 2 fully saturated rings. The first-order chi connectivity index (χ1) is 15.5. The fourth-order valence-corrected chi connectivity index (χ4v) is 4.41. The minimum atomic E-state index is -0.533. The van der Waals surface area contributed by atoms with E-state index in [1.807, 2.05) is 39.9 Å². The van der Waals surface area contributed by atoms with Crippen LogP contribution in [0.25, 0.3) is 17.0 Å². The Kier molecular flexibility index (Phi) is 6.66. The van der Waals surface area contributed by atoms with E-state index in [1.165, 1.54) is 12.0 Å². The van der Waals surface area contributed by atoms with Crippen molar-refractivity contribution in [3.8, 4) is 0 Å². The first-order valence-electron chi connectivity index (χ1n) is 10.7. The van der Waals surface area contributed by atoms with Crippen LogP contribution in [0.15, 0.2) is 36.0 Å². The van der Waals surface area contributed by atoms with E-state index in [0.717, 1.165) is 43.3 Å². The van der Waals surface area contributed by atoms with Gasteiger partial charge in [0, 0.05) is 42.9 Å². The second-order valence-corrected chi connectivity index (χ2v) is 8.32. The SMILES string of the molecule is COCCN1C(=O)/C(=C/c2cn(CC(=O)N3CCCCC3)c3ccccc23)C(=O)NC1=S. The number of methoxy groups -OCH3 is 1. The number of carbonyl (C=O) groups excluding carboxylic acids is 3. The Labute approximate surface area is 191 Å². The van der Waals surface area contributed by atoms with Gasteiger partial charge in [0.15, 0.2) is 5.11 Å². The van der Waals surface area contributed by atoms with Crippen molar-refractivity contribution in [2.45, 2.75) is 25.8 Å². The Morgan fingerprint density at radius 1 is 1.19 bits per heavy atom. The molecule has 0 spiro atoms. The van der Waals surface area contributed by atoms with Crippen molar-refractivity contribution in [2.75, 3.05) is 33.4 Å². The summed E-state index contributed by atoms with van der Waals surface area (Å²) in [4.78, 5) is 41.6. The molecular formula is C23H26N4O4S. The number of carbonyl (C=O) groups is 3. The smallest absolute Gasteiger partial charge is 0.265 e. The fraction of sp³-hybridized carbons (Fsp3) is 0.391. The Balaban J connectivity index is 1.66. The molecule has 9 heteroatoms. The normalized spacial score (nSPS) is 18.5. The average molecular weight is 455 g/mol. The van der Waals surface area contributed by atoms with E-state index in [2.05, 4.69) is 5.32 Å². The van der Waals surface area contributed by atoms with Crippen LogP contribution in [-0.2, 0) is 25.7 Å². The molecule has 0 aliphatic carbocycles. The lowest BCUT2D eigenvalue weighted by Gasteiger charge is -2.28. The highest BCUT2D eigenvalue weighted by Gasteiger charge is 2.33. The zero-order valence-electron chi connectivity index (χ0n) is 18.0. The maximum atomic E-state index is 13.0. The molecule has 0 atom stereocenters. The van der Waals surface area contributed by atoms with Gasteiger partial charge in [0.2, 0.25) is 5.91 Å². The molecule has 168 valence electrons. The van der Waals surface area contributed by atoms with E-state index in [4.69, 9.17) is 17.0 Å². The fourth-order valence-electron chi connectivity index (χ4n) is 4.15. The third kappa shape index (κ3) is 4.44. The van der Waals surface area contributed by atoms with Crippen LogP contribution in [-0.4, -0.2) is 70.6 Å². The number of likely N-dealkylation sites (tertiary alicyclic amines) is 1. The molecule has 32 heavy (non-hydrogen) atoms. The average Bonchev–Trinajstić information content (AvgIpc) is 3.14. The summed E-state index contributed by atoms with van der Waals surface area (Å²) in [6.07, 6.45) is 6.63. The molecule has 2 aliphatic rings. The molecule has 2 aliphatic heterocycles. The highest BCUT2D eigenvalue weighted by atomic mass is 32.1. The van der Waals surface area contributed by atoms with E-state index in [0.29, 0.717) is 12.2 Å². The molecule has 1 aromatic carbocycles. The zero-order valence-corrected chi connectivity index (χ0v) is 18.8. The van der Waals surface area contributed by atoms with Gasteiger partial charge < -0.3 is 14.2 Å². The zero-order chi connectivity index (χ0) is 22.7. The molecule has 4 rings (SSSR count). The van der Waals surface area contributed by atoms with Crippen molar-refractivity contribution >= 4 is 52.0 Å². The topological polar surface area (TPSA) is 83.9 Å².